The molecule has 0 bridgehead atoms. The Morgan fingerprint density at radius 1 is 0.905 bits per heavy atom. The standard InChI is InChI=1S/C26H24N4O6.CH4O4S/c1-4-35-25(31)27-16-10-12-18-19-13-11-17(28-26(32)36-5-2)15-23(19)29(3)24(21(18)14-16)20-8-6-7-9-22(20)30(33)34;1-5-6(2,3)4/h6-15H,4-5H2,1-3H3,(H,27,31);1H3,(H,2,3,4)/p+1. The average Bonchev–Trinajstić information content (AvgIpc) is 2.93. The van der Waals surface area contributed by atoms with E-state index in [2.05, 4.69) is 14.8 Å². The number of fused-ring (bicyclic) bond motifs is 3. The maximum Gasteiger partial charge on any atom is 0.411 e. The van der Waals surface area contributed by atoms with Crippen LogP contribution in [0.2, 0.25) is 0 Å². The minimum absolute atomic E-state index is 0.0571. The number of nitro benzene ring substituents is 1. The molecule has 0 aliphatic carbocycles. The van der Waals surface area contributed by atoms with Crippen molar-refractivity contribution in [3.05, 3.63) is 70.8 Å². The molecule has 4 rings (SSSR count). The van der Waals surface area contributed by atoms with Gasteiger partial charge in [-0.1, -0.05) is 18.2 Å². The van der Waals surface area contributed by atoms with E-state index < -0.39 is 27.5 Å². The number of nitrogens with one attached hydrogen (secondary N) is 2. The van der Waals surface area contributed by atoms with Crippen molar-refractivity contribution < 1.29 is 45.7 Å². The number of pyridine rings is 1. The first-order valence-corrected chi connectivity index (χ1v) is 13.8. The summed E-state index contributed by atoms with van der Waals surface area (Å²) in [6.45, 7) is 3.89. The number of anilines is 2. The Kier molecular flexibility index (Phi) is 10.3. The lowest BCUT2D eigenvalue weighted by molar-refractivity contribution is -0.632. The van der Waals surface area contributed by atoms with Crippen LogP contribution in [-0.4, -0.2) is 50.4 Å². The molecule has 14 nitrogen and oxygen atoms in total. The predicted octanol–water partition coefficient (Wildman–Crippen LogP) is 4.97. The lowest BCUT2D eigenvalue weighted by Gasteiger charge is -2.13. The van der Waals surface area contributed by atoms with E-state index >= 15 is 0 Å². The van der Waals surface area contributed by atoms with E-state index in [4.69, 9.17) is 14.0 Å². The smallest absolute Gasteiger partial charge is 0.411 e. The number of benzene rings is 3. The van der Waals surface area contributed by atoms with Crippen LogP contribution in [0.4, 0.5) is 26.7 Å². The Morgan fingerprint density at radius 3 is 1.95 bits per heavy atom. The summed E-state index contributed by atoms with van der Waals surface area (Å²) in [5, 5.41) is 19.6. The Labute approximate surface area is 240 Å². The molecule has 1 heterocycles. The quantitative estimate of drug-likeness (QED) is 0.0858. The van der Waals surface area contributed by atoms with E-state index in [1.807, 2.05) is 16.7 Å². The molecular weight excluding hydrogens is 572 g/mol. The fourth-order valence-electron chi connectivity index (χ4n) is 4.20. The van der Waals surface area contributed by atoms with E-state index in [-0.39, 0.29) is 18.9 Å². The van der Waals surface area contributed by atoms with Crippen molar-refractivity contribution in [2.75, 3.05) is 31.0 Å². The van der Waals surface area contributed by atoms with E-state index in [1.54, 1.807) is 63.4 Å². The molecule has 2 amide bonds. The Morgan fingerprint density at radius 2 is 1.43 bits per heavy atom. The van der Waals surface area contributed by atoms with Gasteiger partial charge in [-0.2, -0.15) is 13.0 Å². The molecule has 4 aromatic rings. The average molecular weight is 602 g/mol. The molecule has 0 unspecified atom stereocenters. The summed E-state index contributed by atoms with van der Waals surface area (Å²) in [4.78, 5) is 35.5. The number of nitrogens with zero attached hydrogens (tertiary/aromatic N) is 2. The number of hydrogen-bond donors (Lipinski definition) is 3. The van der Waals surface area contributed by atoms with Crippen molar-refractivity contribution in [3.8, 4) is 11.3 Å². The number of carbonyl (C=O) groups is 2. The number of aryl methyl sites for hydroxylation is 1. The second-order valence-electron chi connectivity index (χ2n) is 8.46. The number of ether oxygens (including phenoxy) is 2. The number of nitro groups is 1. The maximum atomic E-state index is 12.0. The zero-order valence-corrected chi connectivity index (χ0v) is 23.9. The maximum absolute atomic E-state index is 12.0. The largest absolute Gasteiger partial charge is 0.450 e. The molecule has 0 aliphatic heterocycles. The van der Waals surface area contributed by atoms with Gasteiger partial charge in [-0.05, 0) is 44.2 Å². The first-order valence-electron chi connectivity index (χ1n) is 12.4. The Hall–Kier alpha value is -4.86. The molecule has 0 fully saturated rings. The lowest BCUT2D eigenvalue weighted by Crippen LogP contribution is -2.33. The zero-order chi connectivity index (χ0) is 31.0. The summed E-state index contributed by atoms with van der Waals surface area (Å²) in [5.41, 5.74) is 2.67. The van der Waals surface area contributed by atoms with Gasteiger partial charge >= 0.3 is 22.6 Å². The van der Waals surface area contributed by atoms with E-state index in [1.165, 1.54) is 6.07 Å². The van der Waals surface area contributed by atoms with Crippen molar-refractivity contribution in [1.29, 1.82) is 0 Å². The first-order chi connectivity index (χ1) is 19.9. The molecule has 3 N–H and O–H groups in total. The molecule has 0 radical (unpaired) electrons. The summed E-state index contributed by atoms with van der Waals surface area (Å²) in [7, 11) is -1.49. The highest BCUT2D eigenvalue weighted by molar-refractivity contribution is 7.80. The highest BCUT2D eigenvalue weighted by Crippen LogP contribution is 2.37. The van der Waals surface area contributed by atoms with Gasteiger partial charge in [0.1, 0.15) is 12.6 Å². The minimum Gasteiger partial charge on any atom is -0.450 e. The van der Waals surface area contributed by atoms with Crippen LogP contribution in [0.3, 0.4) is 0 Å². The topological polar surface area (TPSA) is 187 Å². The monoisotopic (exact) mass is 601 g/mol. The van der Waals surface area contributed by atoms with Crippen LogP contribution < -0.4 is 15.2 Å². The molecule has 0 atom stereocenters. The normalized spacial score (nSPS) is 10.9. The first kappa shape index (κ1) is 31.7. The fraction of sp³-hybridized carbons (Fsp3) is 0.222. The third-order valence-corrected chi connectivity index (χ3v) is 6.29. The SMILES string of the molecule is CCOC(=O)Nc1ccc2c(c1)c(-c1ccccc1[N+](=O)[O-])[n+](C)c1cc(NC(=O)OCC)ccc21.COS(=O)(=O)O. The number of rotatable bonds is 7. The van der Waals surface area contributed by atoms with Crippen molar-refractivity contribution in [3.63, 3.8) is 0 Å². The number of amides is 2. The van der Waals surface area contributed by atoms with Crippen molar-refractivity contribution >= 4 is 61.3 Å². The van der Waals surface area contributed by atoms with Crippen LogP contribution in [0.5, 0.6) is 0 Å². The number of para-hydroxylation sites is 1. The minimum atomic E-state index is -4.16. The van der Waals surface area contributed by atoms with Gasteiger partial charge in [0, 0.05) is 23.2 Å². The van der Waals surface area contributed by atoms with Gasteiger partial charge in [-0.25, -0.2) is 9.59 Å². The molecular formula is C27H29N4O10S+. The lowest BCUT2D eigenvalue weighted by atomic mass is 9.97. The highest BCUT2D eigenvalue weighted by Gasteiger charge is 2.27. The summed E-state index contributed by atoms with van der Waals surface area (Å²) in [6.07, 6.45) is -1.17. The van der Waals surface area contributed by atoms with Gasteiger partial charge in [0.15, 0.2) is 0 Å². The van der Waals surface area contributed by atoms with Crippen LogP contribution in [0, 0.1) is 10.1 Å². The predicted molar refractivity (Wildman–Crippen MR) is 155 cm³/mol. The van der Waals surface area contributed by atoms with Crippen molar-refractivity contribution in [2.24, 2.45) is 7.05 Å². The van der Waals surface area contributed by atoms with E-state index in [0.29, 0.717) is 28.0 Å². The van der Waals surface area contributed by atoms with Crippen LogP contribution in [0.1, 0.15) is 13.8 Å². The molecule has 222 valence electrons. The molecule has 1 aromatic heterocycles. The van der Waals surface area contributed by atoms with Gasteiger partial charge in [-0.15, -0.1) is 0 Å². The number of carbonyl (C=O) groups excluding carboxylic acids is 2. The third-order valence-electron chi connectivity index (χ3n) is 5.87. The highest BCUT2D eigenvalue weighted by atomic mass is 32.3. The molecule has 3 aromatic carbocycles. The summed E-state index contributed by atoms with van der Waals surface area (Å²) in [5.74, 6) is 0. The third kappa shape index (κ3) is 7.66. The molecule has 0 aliphatic rings. The van der Waals surface area contributed by atoms with Gasteiger partial charge in [0.25, 0.3) is 5.69 Å². The van der Waals surface area contributed by atoms with Gasteiger partial charge < -0.3 is 9.47 Å². The van der Waals surface area contributed by atoms with Crippen LogP contribution in [0.15, 0.2) is 60.7 Å². The Bertz CT molecular complexity index is 1760. The summed E-state index contributed by atoms with van der Waals surface area (Å²) in [6, 6.07) is 17.2. The molecule has 0 saturated carbocycles. The van der Waals surface area contributed by atoms with Crippen molar-refractivity contribution in [2.45, 2.75) is 13.8 Å². The molecule has 0 spiro atoms. The van der Waals surface area contributed by atoms with Crippen LogP contribution >= 0.6 is 0 Å². The summed E-state index contributed by atoms with van der Waals surface area (Å²) < 4.78 is 41.5. The number of hydrogen-bond acceptors (Lipinski definition) is 9. The number of aromatic nitrogens is 1. The van der Waals surface area contributed by atoms with Gasteiger partial charge in [-0.3, -0.25) is 29.5 Å². The summed E-state index contributed by atoms with van der Waals surface area (Å²) >= 11 is 0. The van der Waals surface area contributed by atoms with Crippen LogP contribution in [-0.2, 0) is 31.1 Å². The molecule has 0 saturated heterocycles. The second kappa shape index (κ2) is 13.7. The zero-order valence-electron chi connectivity index (χ0n) is 23.1. The fourth-order valence-corrected chi connectivity index (χ4v) is 4.20. The van der Waals surface area contributed by atoms with Gasteiger partial charge in [0.2, 0.25) is 11.2 Å². The molecule has 15 heteroatoms. The van der Waals surface area contributed by atoms with Crippen LogP contribution in [0.25, 0.3) is 32.9 Å². The van der Waals surface area contributed by atoms with Crippen molar-refractivity contribution in [1.82, 2.24) is 0 Å². The molecule has 42 heavy (non-hydrogen) atoms. The Balaban J connectivity index is 0.000000730. The van der Waals surface area contributed by atoms with E-state index in [0.717, 1.165) is 23.4 Å². The second-order valence-corrected chi connectivity index (χ2v) is 9.65. The van der Waals surface area contributed by atoms with E-state index in [9.17, 15) is 28.1 Å². The van der Waals surface area contributed by atoms with Gasteiger partial charge in [0.05, 0.1) is 41.7 Å².